The van der Waals surface area contributed by atoms with E-state index in [4.69, 9.17) is 0 Å². The van der Waals surface area contributed by atoms with Crippen LogP contribution in [0.5, 0.6) is 0 Å². The van der Waals surface area contributed by atoms with Gasteiger partial charge in [0.2, 0.25) is 0 Å². The monoisotopic (exact) mass is 634 g/mol. The summed E-state index contributed by atoms with van der Waals surface area (Å²) in [6.45, 7) is 19.8. The van der Waals surface area contributed by atoms with Crippen molar-refractivity contribution in [3.05, 3.63) is 117 Å². The van der Waals surface area contributed by atoms with Crippen LogP contribution in [0.2, 0.25) is 0 Å². The molecule has 0 fully saturated rings. The van der Waals surface area contributed by atoms with E-state index in [0.29, 0.717) is 11.3 Å². The van der Waals surface area contributed by atoms with E-state index in [1.807, 2.05) is 6.07 Å². The van der Waals surface area contributed by atoms with Crippen LogP contribution in [0.1, 0.15) is 80.0 Å². The van der Waals surface area contributed by atoms with Gasteiger partial charge in [-0.05, 0) is 37.0 Å². The van der Waals surface area contributed by atoms with Crippen LogP contribution in [0.3, 0.4) is 0 Å². The van der Waals surface area contributed by atoms with E-state index in [-0.39, 0.29) is 24.8 Å². The average Bonchev–Trinajstić information content (AvgIpc) is 3.46. The third-order valence-electron chi connectivity index (χ3n) is 7.34. The van der Waals surface area contributed by atoms with Gasteiger partial charge in [-0.3, -0.25) is 6.08 Å². The van der Waals surface area contributed by atoms with E-state index >= 15 is 0 Å². The summed E-state index contributed by atoms with van der Waals surface area (Å²) in [5, 5.41) is 0. The van der Waals surface area contributed by atoms with Crippen LogP contribution in [0.25, 0.3) is 11.1 Å². The molecule has 0 amide bonds. The standard InChI is InChI=1S/C17H17.C11H17.C8H8.2ClH.Zr/c1-10-5-14-9-15-6-11(2)13(4)8-17(15)16(14)7-12(10)3;1-5-9-6-7-10(8-9)11(2,3)4;1-2-8-6-4-3-5-7-8;;;/h5,7-8H,9H2,1-4H3;7-9H,5H2,1-4H3;3-7H,1H3;2*1H;/q2*-1;;;;+2/p-2. The van der Waals surface area contributed by atoms with E-state index in [2.05, 4.69) is 129 Å². The first-order chi connectivity index (χ1) is 17.4. The largest absolute Gasteiger partial charge is 1.00 e. The van der Waals surface area contributed by atoms with Crippen LogP contribution in [0.4, 0.5) is 0 Å². The molecule has 1 atom stereocenters. The molecule has 206 valence electrons. The molecule has 0 spiro atoms. The molecule has 0 aromatic heterocycles. The van der Waals surface area contributed by atoms with E-state index in [1.165, 1.54) is 89.5 Å². The first-order valence-corrected chi connectivity index (χ1v) is 14.7. The summed E-state index contributed by atoms with van der Waals surface area (Å²) in [6, 6.07) is 21.0. The zero-order chi connectivity index (χ0) is 27.3. The summed E-state index contributed by atoms with van der Waals surface area (Å²) in [6.07, 6.45) is 10.1. The first-order valence-electron chi connectivity index (χ1n) is 13.5. The molecule has 0 radical (unpaired) electrons. The minimum Gasteiger partial charge on any atom is -1.00 e. The molecule has 0 saturated heterocycles. The Hall–Kier alpha value is -1.53. The van der Waals surface area contributed by atoms with Crippen molar-refractivity contribution in [2.75, 3.05) is 0 Å². The summed E-state index contributed by atoms with van der Waals surface area (Å²) in [5.41, 5.74) is 14.2. The Balaban J connectivity index is 0.000000304. The van der Waals surface area contributed by atoms with Gasteiger partial charge in [0, 0.05) is 0 Å². The number of fused-ring (bicyclic) bond motifs is 3. The molecule has 2 aliphatic rings. The molecule has 3 aromatic carbocycles. The van der Waals surface area contributed by atoms with Gasteiger partial charge in [-0.25, -0.2) is 6.08 Å². The number of aryl methyl sites for hydroxylation is 4. The first kappa shape index (κ1) is 35.5. The number of rotatable bonds is 2. The van der Waals surface area contributed by atoms with E-state index in [1.54, 1.807) is 0 Å². The van der Waals surface area contributed by atoms with Gasteiger partial charge in [-0.2, -0.15) is 34.9 Å². The molecule has 0 saturated carbocycles. The van der Waals surface area contributed by atoms with Crippen molar-refractivity contribution in [1.29, 1.82) is 0 Å². The Bertz CT molecular complexity index is 1270. The summed E-state index contributed by atoms with van der Waals surface area (Å²) in [5.74, 6) is 0.573. The van der Waals surface area contributed by atoms with Gasteiger partial charge < -0.3 is 24.8 Å². The van der Waals surface area contributed by atoms with Crippen LogP contribution in [0, 0.1) is 51.2 Å². The molecular formula is C36H42Cl2Zr-2. The Labute approximate surface area is 265 Å². The molecule has 39 heavy (non-hydrogen) atoms. The minimum atomic E-state index is 0. The Morgan fingerprint density at radius 3 is 1.97 bits per heavy atom. The Morgan fingerprint density at radius 2 is 1.49 bits per heavy atom. The van der Waals surface area contributed by atoms with Crippen molar-refractivity contribution < 1.29 is 49.0 Å². The molecular weight excluding hydrogens is 595 g/mol. The van der Waals surface area contributed by atoms with Gasteiger partial charge >= 0.3 is 70.3 Å². The maximum absolute atomic E-state index is 3.54. The number of halogens is 2. The second-order valence-corrected chi connectivity index (χ2v) is 13.3. The number of allylic oxidation sites excluding steroid dienone is 4. The van der Waals surface area contributed by atoms with E-state index < -0.39 is 0 Å². The van der Waals surface area contributed by atoms with Gasteiger partial charge in [0.15, 0.2) is 0 Å². The van der Waals surface area contributed by atoms with Crippen LogP contribution < -0.4 is 24.8 Å². The molecule has 0 heterocycles. The fourth-order valence-corrected chi connectivity index (χ4v) is 4.96. The molecule has 0 bridgehead atoms. The SMILES string of the molecule is CCC1[C-]=CC(C(C)(C)C)=C1.C[C](=[Zr+2])c1ccccc1.Cc1[c-]c2c(cc1C)-c1cc(C)c(C)cc1C2.[Cl-].[Cl-]. The number of hydrogen-bond donors (Lipinski definition) is 0. The summed E-state index contributed by atoms with van der Waals surface area (Å²) in [7, 11) is 0. The van der Waals surface area contributed by atoms with Gasteiger partial charge in [-0.1, -0.05) is 77.0 Å². The predicted molar refractivity (Wildman–Crippen MR) is 158 cm³/mol. The summed E-state index contributed by atoms with van der Waals surface area (Å²) < 4.78 is 1.46. The van der Waals surface area contributed by atoms with Crippen molar-refractivity contribution in [3.8, 4) is 11.1 Å². The number of hydrogen-bond acceptors (Lipinski definition) is 0. The molecule has 2 aliphatic carbocycles. The predicted octanol–water partition coefficient (Wildman–Crippen LogP) is 3.43. The van der Waals surface area contributed by atoms with E-state index in [9.17, 15) is 0 Å². The van der Waals surface area contributed by atoms with Crippen molar-refractivity contribution in [1.82, 2.24) is 0 Å². The zero-order valence-electron chi connectivity index (χ0n) is 25.0. The van der Waals surface area contributed by atoms with Crippen molar-refractivity contribution in [2.24, 2.45) is 11.3 Å². The van der Waals surface area contributed by atoms with Gasteiger partial charge in [0.05, 0.1) is 0 Å². The second-order valence-electron chi connectivity index (χ2n) is 11.4. The van der Waals surface area contributed by atoms with Crippen LogP contribution in [-0.4, -0.2) is 3.21 Å². The fourth-order valence-electron chi connectivity index (χ4n) is 4.55. The summed E-state index contributed by atoms with van der Waals surface area (Å²) in [4.78, 5) is 0. The smallest absolute Gasteiger partial charge is 0.0253 e. The molecule has 3 aromatic rings. The molecule has 0 nitrogen and oxygen atoms in total. The average molecular weight is 637 g/mol. The van der Waals surface area contributed by atoms with Crippen LogP contribution >= 0.6 is 0 Å². The summed E-state index contributed by atoms with van der Waals surface area (Å²) >= 11 is 1.51. The van der Waals surface area contributed by atoms with Crippen LogP contribution in [-0.2, 0) is 30.7 Å². The normalized spacial score (nSPS) is 14.3. The molecule has 5 rings (SSSR count). The third-order valence-corrected chi connectivity index (χ3v) is 8.05. The number of benzene rings is 3. The zero-order valence-corrected chi connectivity index (χ0v) is 29.0. The molecule has 0 N–H and O–H groups in total. The van der Waals surface area contributed by atoms with Gasteiger partial charge in [0.1, 0.15) is 0 Å². The molecule has 0 aliphatic heterocycles. The fraction of sp³-hybridized carbons (Fsp3) is 0.361. The molecule has 3 heteroatoms. The van der Waals surface area contributed by atoms with Crippen LogP contribution in [0.15, 0.2) is 66.3 Å². The maximum Gasteiger partial charge on any atom is -0.0253 e. The van der Waals surface area contributed by atoms with Crippen molar-refractivity contribution in [2.45, 2.75) is 75.2 Å². The van der Waals surface area contributed by atoms with Gasteiger partial charge in [-0.15, -0.1) is 11.1 Å². The maximum atomic E-state index is 3.54. The minimum absolute atomic E-state index is 0. The quantitative estimate of drug-likeness (QED) is 0.296. The van der Waals surface area contributed by atoms with E-state index in [0.717, 1.165) is 6.42 Å². The van der Waals surface area contributed by atoms with Crippen molar-refractivity contribution in [3.63, 3.8) is 0 Å². The second kappa shape index (κ2) is 15.5. The van der Waals surface area contributed by atoms with Crippen molar-refractivity contribution >= 4 is 3.21 Å². The Kier molecular flexibility index (Phi) is 14.1. The Morgan fingerprint density at radius 1 is 0.897 bits per heavy atom. The van der Waals surface area contributed by atoms with Gasteiger partial charge in [0.25, 0.3) is 0 Å². The third kappa shape index (κ3) is 9.52. The molecule has 1 unspecified atom stereocenters. The topological polar surface area (TPSA) is 0 Å².